The molecule has 2 aromatic rings. The number of anilines is 1. The van der Waals surface area contributed by atoms with Gasteiger partial charge in [0, 0.05) is 27.1 Å². The lowest BCUT2D eigenvalue weighted by molar-refractivity contribution is 0.594. The van der Waals surface area contributed by atoms with Gasteiger partial charge in [0.25, 0.3) is 10.0 Å². The summed E-state index contributed by atoms with van der Waals surface area (Å²) < 4.78 is 28.5. The predicted octanol–water partition coefficient (Wildman–Crippen LogP) is 2.23. The molecule has 1 heterocycles. The van der Waals surface area contributed by atoms with Crippen molar-refractivity contribution in [3.63, 3.8) is 0 Å². The molecule has 2 rings (SSSR count). The number of hydrogen-bond donors (Lipinski definition) is 3. The van der Waals surface area contributed by atoms with Gasteiger partial charge in [-0.1, -0.05) is 13.0 Å². The van der Waals surface area contributed by atoms with E-state index >= 15 is 0 Å². The highest BCUT2D eigenvalue weighted by Gasteiger charge is 2.23. The molecule has 0 aliphatic heterocycles. The van der Waals surface area contributed by atoms with Crippen molar-refractivity contribution in [2.75, 3.05) is 11.3 Å². The second-order valence-corrected chi connectivity index (χ2v) is 7.37. The fourth-order valence-electron chi connectivity index (χ4n) is 1.87. The minimum Gasteiger partial charge on any atom is -0.313 e. The summed E-state index contributed by atoms with van der Waals surface area (Å²) in [6.45, 7) is 4.99. The molecule has 6 nitrogen and oxygen atoms in total. The average molecular weight is 420 g/mol. The highest BCUT2D eigenvalue weighted by atomic mass is 127. The molecule has 0 spiro atoms. The van der Waals surface area contributed by atoms with Crippen LogP contribution >= 0.6 is 22.6 Å². The Morgan fingerprint density at radius 1 is 1.38 bits per heavy atom. The maximum absolute atomic E-state index is 12.5. The predicted molar refractivity (Wildman–Crippen MR) is 90.7 cm³/mol. The van der Waals surface area contributed by atoms with E-state index in [-0.39, 0.29) is 5.03 Å². The zero-order valence-corrected chi connectivity index (χ0v) is 14.7. The maximum Gasteiger partial charge on any atom is 0.281 e. The van der Waals surface area contributed by atoms with Crippen LogP contribution in [0.3, 0.4) is 0 Å². The van der Waals surface area contributed by atoms with Crippen LogP contribution in [-0.2, 0) is 16.6 Å². The van der Waals surface area contributed by atoms with Gasteiger partial charge in [0.15, 0.2) is 0 Å². The quantitative estimate of drug-likeness (QED) is 0.626. The summed E-state index contributed by atoms with van der Waals surface area (Å²) in [5, 5.41) is 9.85. The number of halogens is 1. The zero-order valence-electron chi connectivity index (χ0n) is 11.8. The first-order valence-electron chi connectivity index (χ1n) is 6.47. The number of nitrogens with one attached hydrogen (secondary N) is 3. The first-order valence-corrected chi connectivity index (χ1v) is 9.03. The van der Waals surface area contributed by atoms with Crippen LogP contribution in [0.4, 0.5) is 5.69 Å². The second-order valence-electron chi connectivity index (χ2n) is 4.53. The summed E-state index contributed by atoms with van der Waals surface area (Å²) in [5.41, 5.74) is 1.94. The molecule has 3 N–H and O–H groups in total. The molecule has 0 unspecified atom stereocenters. The van der Waals surface area contributed by atoms with Gasteiger partial charge in [-0.15, -0.1) is 0 Å². The van der Waals surface area contributed by atoms with Crippen molar-refractivity contribution >= 4 is 38.3 Å². The number of H-pyrrole nitrogens is 1. The van der Waals surface area contributed by atoms with Crippen LogP contribution in [0.25, 0.3) is 0 Å². The number of hydrogen-bond acceptors (Lipinski definition) is 4. The van der Waals surface area contributed by atoms with Crippen LogP contribution < -0.4 is 10.0 Å². The summed E-state index contributed by atoms with van der Waals surface area (Å²) in [7, 11) is -3.71. The molecule has 0 saturated carbocycles. The van der Waals surface area contributed by atoms with E-state index in [2.05, 4.69) is 42.8 Å². The molecular weight excluding hydrogens is 403 g/mol. The van der Waals surface area contributed by atoms with E-state index < -0.39 is 10.0 Å². The van der Waals surface area contributed by atoms with Gasteiger partial charge >= 0.3 is 0 Å². The zero-order chi connectivity index (χ0) is 15.5. The van der Waals surface area contributed by atoms with Gasteiger partial charge in [0.1, 0.15) is 0 Å². The molecule has 0 amide bonds. The van der Waals surface area contributed by atoms with E-state index in [1.807, 2.05) is 19.9 Å². The third kappa shape index (κ3) is 3.95. The number of benzene rings is 1. The van der Waals surface area contributed by atoms with Crippen LogP contribution in [0.15, 0.2) is 29.3 Å². The number of aromatic nitrogens is 2. The molecule has 1 aromatic carbocycles. The van der Waals surface area contributed by atoms with E-state index in [1.165, 1.54) is 0 Å². The van der Waals surface area contributed by atoms with Crippen LogP contribution in [0.5, 0.6) is 0 Å². The molecule has 21 heavy (non-hydrogen) atoms. The average Bonchev–Trinajstić information content (AvgIpc) is 2.78. The smallest absolute Gasteiger partial charge is 0.281 e. The van der Waals surface area contributed by atoms with Gasteiger partial charge in [-0.05, 0) is 54.3 Å². The second kappa shape index (κ2) is 6.75. The third-order valence-corrected chi connectivity index (χ3v) is 4.94. The van der Waals surface area contributed by atoms with E-state index in [1.54, 1.807) is 18.2 Å². The van der Waals surface area contributed by atoms with Crippen molar-refractivity contribution in [2.24, 2.45) is 0 Å². The first kappa shape index (κ1) is 16.2. The Morgan fingerprint density at radius 3 is 2.81 bits per heavy atom. The fraction of sp³-hybridized carbons (Fsp3) is 0.308. The van der Waals surface area contributed by atoms with Gasteiger partial charge in [0.05, 0.1) is 0 Å². The molecule has 1 aromatic heterocycles. The molecule has 0 fully saturated rings. The summed E-state index contributed by atoms with van der Waals surface area (Å²) in [5.74, 6) is 0. The number of rotatable bonds is 6. The fourth-order valence-corrected chi connectivity index (χ4v) is 3.66. The molecule has 0 radical (unpaired) electrons. The van der Waals surface area contributed by atoms with Gasteiger partial charge in [-0.25, -0.2) is 0 Å². The molecule has 0 atom stereocenters. The van der Waals surface area contributed by atoms with Crippen molar-refractivity contribution in [3.8, 4) is 0 Å². The molecular formula is C13H17IN4O2S. The van der Waals surface area contributed by atoms with Crippen molar-refractivity contribution in [3.05, 3.63) is 39.1 Å². The monoisotopic (exact) mass is 420 g/mol. The number of aromatic amines is 1. The third-order valence-electron chi connectivity index (χ3n) is 2.92. The standard InChI is InChI=1S/C13H17IN4O2S/c1-3-15-8-12-9(2)16-17-13(12)21(19,20)18-11-6-4-5-10(14)7-11/h4-7,15,18H,3,8H2,1-2H3,(H,16,17). The lowest BCUT2D eigenvalue weighted by Crippen LogP contribution is -2.19. The molecule has 0 aliphatic rings. The Labute approximate surface area is 137 Å². The minimum atomic E-state index is -3.71. The Kier molecular flexibility index (Phi) is 5.22. The normalized spacial score (nSPS) is 11.6. The van der Waals surface area contributed by atoms with Crippen LogP contribution in [0.1, 0.15) is 18.2 Å². The van der Waals surface area contributed by atoms with Crippen LogP contribution in [-0.4, -0.2) is 25.2 Å². The highest BCUT2D eigenvalue weighted by molar-refractivity contribution is 14.1. The molecule has 0 aliphatic carbocycles. The van der Waals surface area contributed by atoms with Crippen molar-refractivity contribution < 1.29 is 8.42 Å². The van der Waals surface area contributed by atoms with Gasteiger partial charge in [-0.3, -0.25) is 9.82 Å². The Bertz CT molecular complexity index is 728. The summed E-state index contributed by atoms with van der Waals surface area (Å²) >= 11 is 2.13. The summed E-state index contributed by atoms with van der Waals surface area (Å²) in [6.07, 6.45) is 0. The van der Waals surface area contributed by atoms with E-state index in [0.29, 0.717) is 17.8 Å². The van der Waals surface area contributed by atoms with Crippen LogP contribution in [0.2, 0.25) is 0 Å². The minimum absolute atomic E-state index is 0.0415. The van der Waals surface area contributed by atoms with Crippen molar-refractivity contribution in [1.82, 2.24) is 15.5 Å². The Hall–Kier alpha value is -1.13. The Morgan fingerprint density at radius 2 is 2.14 bits per heavy atom. The van der Waals surface area contributed by atoms with Crippen molar-refractivity contribution in [1.29, 1.82) is 0 Å². The number of aryl methyl sites for hydroxylation is 1. The first-order chi connectivity index (χ1) is 9.94. The number of sulfonamides is 1. The topological polar surface area (TPSA) is 86.9 Å². The van der Waals surface area contributed by atoms with E-state index in [0.717, 1.165) is 15.8 Å². The molecule has 8 heteroatoms. The van der Waals surface area contributed by atoms with E-state index in [9.17, 15) is 8.42 Å². The van der Waals surface area contributed by atoms with Crippen molar-refractivity contribution in [2.45, 2.75) is 25.4 Å². The lowest BCUT2D eigenvalue weighted by Gasteiger charge is -2.09. The van der Waals surface area contributed by atoms with Gasteiger partial charge in [0.2, 0.25) is 5.03 Å². The molecule has 114 valence electrons. The van der Waals surface area contributed by atoms with Gasteiger partial charge < -0.3 is 5.32 Å². The van der Waals surface area contributed by atoms with Gasteiger partial charge in [-0.2, -0.15) is 13.5 Å². The van der Waals surface area contributed by atoms with Crippen LogP contribution in [0, 0.1) is 10.5 Å². The largest absolute Gasteiger partial charge is 0.313 e. The lowest BCUT2D eigenvalue weighted by atomic mass is 10.2. The molecule has 0 saturated heterocycles. The number of nitrogens with zero attached hydrogens (tertiary/aromatic N) is 1. The highest BCUT2D eigenvalue weighted by Crippen LogP contribution is 2.21. The molecule has 0 bridgehead atoms. The van der Waals surface area contributed by atoms with E-state index in [4.69, 9.17) is 0 Å². The summed E-state index contributed by atoms with van der Waals surface area (Å²) in [6, 6.07) is 7.17. The maximum atomic E-state index is 12.5. The Balaban J connectivity index is 2.31. The SMILES string of the molecule is CCNCc1c(S(=O)(=O)Nc2cccc(I)c2)n[nH]c1C. The summed E-state index contributed by atoms with van der Waals surface area (Å²) in [4.78, 5) is 0.